The lowest BCUT2D eigenvalue weighted by Gasteiger charge is -2.37. The molecule has 112 valence electrons. The average molecular weight is 289 g/mol. The van der Waals surface area contributed by atoms with E-state index in [0.29, 0.717) is 24.2 Å². The van der Waals surface area contributed by atoms with Gasteiger partial charge in [-0.2, -0.15) is 0 Å². The molecule has 2 fully saturated rings. The maximum atomic E-state index is 13.7. The Labute approximate surface area is 124 Å². The van der Waals surface area contributed by atoms with Crippen LogP contribution in [0.1, 0.15) is 36.8 Å². The van der Waals surface area contributed by atoms with Gasteiger partial charge >= 0.3 is 0 Å². The van der Waals surface area contributed by atoms with E-state index >= 15 is 0 Å². The fourth-order valence-electron chi connectivity index (χ4n) is 3.67. The van der Waals surface area contributed by atoms with Crippen molar-refractivity contribution in [1.29, 1.82) is 0 Å². The molecule has 4 heteroatoms. The summed E-state index contributed by atoms with van der Waals surface area (Å²) in [4.78, 5) is 2.39. The van der Waals surface area contributed by atoms with Crippen LogP contribution in [0, 0.1) is 17.7 Å². The van der Waals surface area contributed by atoms with Crippen molar-refractivity contribution >= 4 is 0 Å². The molecule has 0 spiro atoms. The maximum absolute atomic E-state index is 13.7. The molecule has 2 bridgehead atoms. The van der Waals surface area contributed by atoms with Gasteiger partial charge in [0.05, 0.1) is 6.10 Å². The van der Waals surface area contributed by atoms with Gasteiger partial charge in [-0.1, -0.05) is 11.8 Å². The van der Waals surface area contributed by atoms with Crippen molar-refractivity contribution in [3.05, 3.63) is 35.1 Å². The van der Waals surface area contributed by atoms with E-state index in [2.05, 4.69) is 16.7 Å². The number of hydrogen-bond acceptors (Lipinski definition) is 3. The number of piperidine rings is 1. The molecule has 3 rings (SSSR count). The molecule has 2 aliphatic heterocycles. The van der Waals surface area contributed by atoms with Gasteiger partial charge in [0.1, 0.15) is 12.4 Å². The lowest BCUT2D eigenvalue weighted by atomic mass is 9.98. The molecule has 0 amide bonds. The molecule has 2 N–H and O–H groups in total. The van der Waals surface area contributed by atoms with E-state index in [9.17, 15) is 9.50 Å². The third-order valence-corrected chi connectivity index (χ3v) is 4.49. The molecule has 1 aromatic carbocycles. The zero-order valence-corrected chi connectivity index (χ0v) is 11.9. The van der Waals surface area contributed by atoms with E-state index in [-0.39, 0.29) is 18.5 Å². The first-order chi connectivity index (χ1) is 10.2. The minimum atomic E-state index is -0.292. The van der Waals surface area contributed by atoms with Gasteiger partial charge in [-0.25, -0.2) is 4.39 Å². The normalized spacial score (nSPS) is 28.2. The molecule has 21 heavy (non-hydrogen) atoms. The highest BCUT2D eigenvalue weighted by atomic mass is 19.1. The molecule has 2 unspecified atom stereocenters. The Morgan fingerprint density at radius 1 is 1.19 bits per heavy atom. The first-order valence-electron chi connectivity index (χ1n) is 7.48. The van der Waals surface area contributed by atoms with Crippen molar-refractivity contribution in [2.45, 2.75) is 50.4 Å². The zero-order chi connectivity index (χ0) is 14.8. The van der Waals surface area contributed by atoms with Crippen LogP contribution in [0.3, 0.4) is 0 Å². The van der Waals surface area contributed by atoms with Crippen molar-refractivity contribution in [1.82, 2.24) is 4.90 Å². The number of fused-ring (bicyclic) bond motifs is 2. The third-order valence-electron chi connectivity index (χ3n) is 4.49. The topological polar surface area (TPSA) is 43.7 Å². The molecule has 2 heterocycles. The molecular formula is C17H20FNO2. The van der Waals surface area contributed by atoms with Gasteiger partial charge < -0.3 is 10.2 Å². The lowest BCUT2D eigenvalue weighted by Crippen LogP contribution is -2.44. The molecule has 0 aliphatic carbocycles. The molecule has 3 nitrogen and oxygen atoms in total. The van der Waals surface area contributed by atoms with Crippen LogP contribution in [0.25, 0.3) is 0 Å². The second-order valence-electron chi connectivity index (χ2n) is 5.99. The van der Waals surface area contributed by atoms with Gasteiger partial charge in [0.25, 0.3) is 0 Å². The summed E-state index contributed by atoms with van der Waals surface area (Å²) in [5, 5.41) is 18.6. The standard InChI is InChI=1S/C17H20FNO2/c18-14-7-12(2-1-5-20)6-13(8-14)11-19-15-3-4-16(19)10-17(21)9-15/h6-8,15-17,20-21H,3-5,9-11H2. The van der Waals surface area contributed by atoms with Crippen LogP contribution in [0.4, 0.5) is 4.39 Å². The first-order valence-corrected chi connectivity index (χ1v) is 7.48. The van der Waals surface area contributed by atoms with Gasteiger partial charge in [0, 0.05) is 24.2 Å². The Kier molecular flexibility index (Phi) is 4.25. The summed E-state index contributed by atoms with van der Waals surface area (Å²) in [5.41, 5.74) is 1.51. The number of aliphatic hydroxyl groups excluding tert-OH is 2. The number of rotatable bonds is 2. The summed E-state index contributed by atoms with van der Waals surface area (Å²) in [6.07, 6.45) is 3.70. The summed E-state index contributed by atoms with van der Waals surface area (Å²) >= 11 is 0. The number of benzene rings is 1. The number of aliphatic hydroxyl groups is 2. The van der Waals surface area contributed by atoms with Crippen molar-refractivity contribution in [2.75, 3.05) is 6.61 Å². The van der Waals surface area contributed by atoms with E-state index in [1.54, 1.807) is 6.07 Å². The smallest absolute Gasteiger partial charge is 0.124 e. The zero-order valence-electron chi connectivity index (χ0n) is 11.9. The number of hydrogen-bond donors (Lipinski definition) is 2. The van der Waals surface area contributed by atoms with E-state index < -0.39 is 0 Å². The van der Waals surface area contributed by atoms with Crippen molar-refractivity contribution in [3.63, 3.8) is 0 Å². The van der Waals surface area contributed by atoms with Crippen LogP contribution in [-0.2, 0) is 6.54 Å². The van der Waals surface area contributed by atoms with Crippen LogP contribution >= 0.6 is 0 Å². The van der Waals surface area contributed by atoms with E-state index in [4.69, 9.17) is 5.11 Å². The molecule has 1 aromatic rings. The molecular weight excluding hydrogens is 269 g/mol. The van der Waals surface area contributed by atoms with Gasteiger partial charge in [-0.3, -0.25) is 4.90 Å². The van der Waals surface area contributed by atoms with Crippen LogP contribution in [-0.4, -0.2) is 39.9 Å². The molecule has 0 aromatic heterocycles. The SMILES string of the molecule is OCC#Cc1cc(F)cc(CN2C3CCC2CC(O)C3)c1. The van der Waals surface area contributed by atoms with Gasteiger partial charge in [-0.05, 0) is 49.4 Å². The molecule has 2 saturated heterocycles. The van der Waals surface area contributed by atoms with E-state index in [1.807, 2.05) is 6.07 Å². The highest BCUT2D eigenvalue weighted by Crippen LogP contribution is 2.36. The minimum Gasteiger partial charge on any atom is -0.393 e. The molecule has 2 atom stereocenters. The summed E-state index contributed by atoms with van der Waals surface area (Å²) in [7, 11) is 0. The molecule has 0 radical (unpaired) electrons. The molecule has 2 aliphatic rings. The predicted molar refractivity (Wildman–Crippen MR) is 78.0 cm³/mol. The predicted octanol–water partition coefficient (Wildman–Crippen LogP) is 1.66. The highest BCUT2D eigenvalue weighted by molar-refractivity contribution is 5.38. The maximum Gasteiger partial charge on any atom is 0.124 e. The van der Waals surface area contributed by atoms with E-state index in [1.165, 1.54) is 6.07 Å². The second kappa shape index (κ2) is 6.15. The van der Waals surface area contributed by atoms with Crippen LogP contribution < -0.4 is 0 Å². The number of halogens is 1. The summed E-state index contributed by atoms with van der Waals surface area (Å²) < 4.78 is 13.7. The summed E-state index contributed by atoms with van der Waals surface area (Å²) in [6.45, 7) is 0.480. The lowest BCUT2D eigenvalue weighted by molar-refractivity contribution is 0.0310. The van der Waals surface area contributed by atoms with E-state index in [0.717, 1.165) is 31.2 Å². The van der Waals surface area contributed by atoms with Gasteiger partial charge in [-0.15, -0.1) is 0 Å². The van der Waals surface area contributed by atoms with Crippen LogP contribution in [0.2, 0.25) is 0 Å². The second-order valence-corrected chi connectivity index (χ2v) is 5.99. The van der Waals surface area contributed by atoms with Crippen molar-refractivity contribution in [2.24, 2.45) is 0 Å². The van der Waals surface area contributed by atoms with Crippen LogP contribution in [0.15, 0.2) is 18.2 Å². The summed E-state index contributed by atoms with van der Waals surface area (Å²) in [6, 6.07) is 5.65. The first kappa shape index (κ1) is 14.5. The largest absolute Gasteiger partial charge is 0.393 e. The third kappa shape index (κ3) is 3.26. The molecule has 0 saturated carbocycles. The van der Waals surface area contributed by atoms with Crippen molar-refractivity contribution in [3.8, 4) is 11.8 Å². The Balaban J connectivity index is 1.77. The van der Waals surface area contributed by atoms with Crippen molar-refractivity contribution < 1.29 is 14.6 Å². The summed E-state index contributed by atoms with van der Waals surface area (Å²) in [5.74, 6) is 5.02. The van der Waals surface area contributed by atoms with Crippen LogP contribution in [0.5, 0.6) is 0 Å². The average Bonchev–Trinajstić information content (AvgIpc) is 2.68. The Morgan fingerprint density at radius 2 is 1.90 bits per heavy atom. The number of nitrogens with zero attached hydrogens (tertiary/aromatic N) is 1. The quantitative estimate of drug-likeness (QED) is 0.814. The minimum absolute atomic E-state index is 0.183. The Hall–Kier alpha value is -1.41. The van der Waals surface area contributed by atoms with Gasteiger partial charge in [0.15, 0.2) is 0 Å². The Bertz CT molecular complexity index is 564. The Morgan fingerprint density at radius 3 is 2.57 bits per heavy atom. The van der Waals surface area contributed by atoms with Gasteiger partial charge in [0.2, 0.25) is 0 Å². The monoisotopic (exact) mass is 289 g/mol. The highest BCUT2D eigenvalue weighted by Gasteiger charge is 2.39. The fraction of sp³-hybridized carbons (Fsp3) is 0.529. The fourth-order valence-corrected chi connectivity index (χ4v) is 3.67.